The molecule has 1 heterocycles. The van der Waals surface area contributed by atoms with Gasteiger partial charge in [-0.2, -0.15) is 0 Å². The third-order valence-corrected chi connectivity index (χ3v) is 4.67. The van der Waals surface area contributed by atoms with E-state index >= 15 is 0 Å². The highest BCUT2D eigenvalue weighted by Gasteiger charge is 2.20. The summed E-state index contributed by atoms with van der Waals surface area (Å²) in [5.41, 5.74) is 4.48. The van der Waals surface area contributed by atoms with E-state index in [1.165, 1.54) is 11.1 Å². The number of fused-ring (bicyclic) bond motifs is 1. The molecule has 23 heavy (non-hydrogen) atoms. The number of rotatable bonds is 4. The van der Waals surface area contributed by atoms with Crippen LogP contribution in [0, 0.1) is 0 Å². The topological polar surface area (TPSA) is 32.3 Å². The Morgan fingerprint density at radius 2 is 1.61 bits per heavy atom. The Bertz CT molecular complexity index is 679. The summed E-state index contributed by atoms with van der Waals surface area (Å²) in [6.45, 7) is 8.03. The van der Waals surface area contributed by atoms with Crippen molar-refractivity contribution in [1.82, 2.24) is 5.32 Å². The minimum atomic E-state index is -0.174. The molecule has 0 bridgehead atoms. The van der Waals surface area contributed by atoms with Gasteiger partial charge in [0.05, 0.1) is 0 Å². The summed E-state index contributed by atoms with van der Waals surface area (Å²) in [5, 5.41) is 3.07. The molecule has 120 valence electrons. The van der Waals surface area contributed by atoms with Crippen LogP contribution in [0.3, 0.4) is 0 Å². The molecule has 0 saturated carbocycles. The fraction of sp³-hybridized carbons (Fsp3) is 0.350. The summed E-state index contributed by atoms with van der Waals surface area (Å²) in [5.74, 6) is -0.00638. The molecule has 3 nitrogen and oxygen atoms in total. The van der Waals surface area contributed by atoms with Gasteiger partial charge in [-0.15, -0.1) is 0 Å². The maximum Gasteiger partial charge on any atom is 0.251 e. The van der Waals surface area contributed by atoms with Crippen LogP contribution >= 0.6 is 0 Å². The molecule has 1 aliphatic rings. The largest absolute Gasteiger partial charge is 0.363 e. The summed E-state index contributed by atoms with van der Waals surface area (Å²) in [7, 11) is 0. The van der Waals surface area contributed by atoms with Crippen LogP contribution in [0.2, 0.25) is 0 Å². The van der Waals surface area contributed by atoms with Gasteiger partial charge in [-0.1, -0.05) is 31.2 Å². The highest BCUT2D eigenvalue weighted by atomic mass is 16.1. The van der Waals surface area contributed by atoms with Crippen molar-refractivity contribution in [2.45, 2.75) is 45.8 Å². The van der Waals surface area contributed by atoms with Crippen LogP contribution in [0.1, 0.15) is 48.7 Å². The summed E-state index contributed by atoms with van der Waals surface area (Å²) in [6, 6.07) is 16.5. The van der Waals surface area contributed by atoms with Crippen LogP contribution in [0.4, 0.5) is 5.69 Å². The van der Waals surface area contributed by atoms with E-state index in [-0.39, 0.29) is 11.4 Å². The molecule has 2 aromatic rings. The minimum absolute atomic E-state index is 0.00638. The van der Waals surface area contributed by atoms with Gasteiger partial charge in [0.1, 0.15) is 0 Å². The third kappa shape index (κ3) is 3.39. The summed E-state index contributed by atoms with van der Waals surface area (Å²) >= 11 is 0. The van der Waals surface area contributed by atoms with E-state index in [0.717, 1.165) is 25.2 Å². The predicted octanol–water partition coefficient (Wildman–Crippen LogP) is 4.13. The molecule has 1 N–H and O–H groups in total. The maximum absolute atomic E-state index is 12.3. The lowest BCUT2D eigenvalue weighted by Gasteiger charge is -2.24. The van der Waals surface area contributed by atoms with Crippen molar-refractivity contribution >= 4 is 11.6 Å². The van der Waals surface area contributed by atoms with Crippen molar-refractivity contribution < 1.29 is 4.79 Å². The van der Waals surface area contributed by atoms with Crippen molar-refractivity contribution in [2.24, 2.45) is 0 Å². The van der Waals surface area contributed by atoms with E-state index in [2.05, 4.69) is 41.4 Å². The number of nitrogens with one attached hydrogen (secondary N) is 1. The van der Waals surface area contributed by atoms with Crippen molar-refractivity contribution in [3.8, 4) is 0 Å². The molecule has 3 heteroatoms. The Balaban J connectivity index is 1.70. The first-order valence-electron chi connectivity index (χ1n) is 8.23. The molecule has 0 aromatic heterocycles. The second kappa shape index (κ2) is 6.07. The zero-order chi connectivity index (χ0) is 16.4. The van der Waals surface area contributed by atoms with E-state index in [0.29, 0.717) is 5.56 Å². The Kier molecular flexibility index (Phi) is 4.12. The fourth-order valence-corrected chi connectivity index (χ4v) is 2.81. The second-order valence-corrected chi connectivity index (χ2v) is 6.86. The van der Waals surface area contributed by atoms with Gasteiger partial charge >= 0.3 is 0 Å². The number of amides is 1. The second-order valence-electron chi connectivity index (χ2n) is 6.86. The third-order valence-electron chi connectivity index (χ3n) is 4.67. The van der Waals surface area contributed by atoms with Gasteiger partial charge in [0.15, 0.2) is 0 Å². The smallest absolute Gasteiger partial charge is 0.251 e. The van der Waals surface area contributed by atoms with E-state index in [1.54, 1.807) is 0 Å². The Morgan fingerprint density at radius 1 is 1.04 bits per heavy atom. The molecule has 2 aromatic carbocycles. The van der Waals surface area contributed by atoms with Crippen molar-refractivity contribution in [3.05, 3.63) is 65.2 Å². The molecule has 1 aliphatic heterocycles. The van der Waals surface area contributed by atoms with Crippen molar-refractivity contribution in [2.75, 3.05) is 4.90 Å². The minimum Gasteiger partial charge on any atom is -0.363 e. The Hall–Kier alpha value is -2.29. The zero-order valence-electron chi connectivity index (χ0n) is 14.1. The number of carbonyl (C=O) groups excluding carboxylic acids is 1. The van der Waals surface area contributed by atoms with Crippen LogP contribution in [0.15, 0.2) is 48.5 Å². The van der Waals surface area contributed by atoms with Gasteiger partial charge in [0.2, 0.25) is 0 Å². The molecule has 0 unspecified atom stereocenters. The summed E-state index contributed by atoms with van der Waals surface area (Å²) in [4.78, 5) is 14.6. The van der Waals surface area contributed by atoms with E-state index in [1.807, 2.05) is 38.1 Å². The quantitative estimate of drug-likeness (QED) is 0.921. The molecule has 0 radical (unpaired) electrons. The van der Waals surface area contributed by atoms with E-state index in [9.17, 15) is 4.79 Å². The van der Waals surface area contributed by atoms with Crippen LogP contribution in [0.25, 0.3) is 0 Å². The molecular weight excluding hydrogens is 284 g/mol. The standard InChI is InChI=1S/C20H24N2O/c1-4-20(2,3)21-19(23)15-9-11-18(12-10-15)22-13-16-7-5-6-8-17(16)14-22/h5-12H,4,13-14H2,1-3H3,(H,21,23). The van der Waals surface area contributed by atoms with Gasteiger partial charge in [-0.05, 0) is 55.7 Å². The lowest BCUT2D eigenvalue weighted by atomic mass is 10.0. The first-order valence-corrected chi connectivity index (χ1v) is 8.23. The SMILES string of the molecule is CCC(C)(C)NC(=O)c1ccc(N2Cc3ccccc3C2)cc1. The molecule has 0 fully saturated rings. The normalized spacial score (nSPS) is 13.8. The van der Waals surface area contributed by atoms with Gasteiger partial charge in [-0.25, -0.2) is 0 Å². The number of anilines is 1. The molecule has 0 spiro atoms. The first-order chi connectivity index (χ1) is 11.0. The molecule has 1 amide bonds. The van der Waals surface area contributed by atoms with Gasteiger partial charge < -0.3 is 10.2 Å². The monoisotopic (exact) mass is 308 g/mol. The molecular formula is C20H24N2O. The summed E-state index contributed by atoms with van der Waals surface area (Å²) in [6.07, 6.45) is 0.906. The van der Waals surface area contributed by atoms with E-state index < -0.39 is 0 Å². The number of nitrogens with zero attached hydrogens (tertiary/aromatic N) is 1. The first kappa shape index (κ1) is 15.6. The van der Waals surface area contributed by atoms with Gasteiger partial charge in [0.25, 0.3) is 5.91 Å². The zero-order valence-corrected chi connectivity index (χ0v) is 14.1. The number of hydrogen-bond donors (Lipinski definition) is 1. The highest BCUT2D eigenvalue weighted by Crippen LogP contribution is 2.28. The van der Waals surface area contributed by atoms with Crippen LogP contribution in [-0.4, -0.2) is 11.4 Å². The lowest BCUT2D eigenvalue weighted by Crippen LogP contribution is -2.42. The highest BCUT2D eigenvalue weighted by molar-refractivity contribution is 5.95. The summed E-state index contributed by atoms with van der Waals surface area (Å²) < 4.78 is 0. The number of benzene rings is 2. The Labute approximate surface area is 138 Å². The fourth-order valence-electron chi connectivity index (χ4n) is 2.81. The van der Waals surface area contributed by atoms with Crippen LogP contribution < -0.4 is 10.2 Å². The van der Waals surface area contributed by atoms with Gasteiger partial charge in [0, 0.05) is 29.9 Å². The average molecular weight is 308 g/mol. The average Bonchev–Trinajstić information content (AvgIpc) is 2.98. The molecule has 0 aliphatic carbocycles. The maximum atomic E-state index is 12.3. The predicted molar refractivity (Wildman–Crippen MR) is 94.6 cm³/mol. The molecule has 0 atom stereocenters. The number of hydrogen-bond acceptors (Lipinski definition) is 2. The number of carbonyl (C=O) groups is 1. The lowest BCUT2D eigenvalue weighted by molar-refractivity contribution is 0.0911. The molecule has 0 saturated heterocycles. The molecule has 3 rings (SSSR count). The van der Waals surface area contributed by atoms with Crippen molar-refractivity contribution in [3.63, 3.8) is 0 Å². The van der Waals surface area contributed by atoms with E-state index in [4.69, 9.17) is 0 Å². The van der Waals surface area contributed by atoms with Crippen LogP contribution in [-0.2, 0) is 13.1 Å². The van der Waals surface area contributed by atoms with Crippen molar-refractivity contribution in [1.29, 1.82) is 0 Å². The van der Waals surface area contributed by atoms with Gasteiger partial charge in [-0.3, -0.25) is 4.79 Å². The Morgan fingerprint density at radius 3 is 2.13 bits per heavy atom. The van der Waals surface area contributed by atoms with Crippen LogP contribution in [0.5, 0.6) is 0 Å².